The van der Waals surface area contributed by atoms with Crippen molar-refractivity contribution in [3.8, 4) is 0 Å². The predicted molar refractivity (Wildman–Crippen MR) is 83.6 cm³/mol. The van der Waals surface area contributed by atoms with Crippen LogP contribution in [0.1, 0.15) is 17.8 Å². The summed E-state index contributed by atoms with van der Waals surface area (Å²) in [4.78, 5) is 23.1. The number of carbonyl (C=O) groups excluding carboxylic acids is 1. The number of morpholine rings is 1. The van der Waals surface area contributed by atoms with Crippen molar-refractivity contribution >= 4 is 5.91 Å². The highest BCUT2D eigenvalue weighted by Crippen LogP contribution is 2.15. The van der Waals surface area contributed by atoms with Crippen molar-refractivity contribution < 1.29 is 9.53 Å². The zero-order valence-corrected chi connectivity index (χ0v) is 13.3. The third kappa shape index (κ3) is 3.92. The number of aryl methyl sites for hydroxylation is 2. The molecule has 1 saturated heterocycles. The summed E-state index contributed by atoms with van der Waals surface area (Å²) in [6, 6.07) is 1.90. The Balaban J connectivity index is 1.62. The van der Waals surface area contributed by atoms with Crippen LogP contribution in [0.2, 0.25) is 0 Å². The first-order chi connectivity index (χ1) is 11.2. The van der Waals surface area contributed by atoms with E-state index in [2.05, 4.69) is 15.1 Å². The van der Waals surface area contributed by atoms with E-state index in [1.165, 1.54) is 0 Å². The SMILES string of the molecule is Cc1nccnc1CCC1COCCN1C(=O)Cn1cccn1. The molecule has 1 aliphatic heterocycles. The molecule has 1 amide bonds. The number of amides is 1. The van der Waals surface area contributed by atoms with E-state index in [4.69, 9.17) is 4.74 Å². The zero-order chi connectivity index (χ0) is 16.1. The average molecular weight is 315 g/mol. The molecule has 1 fully saturated rings. The fourth-order valence-electron chi connectivity index (χ4n) is 2.83. The lowest BCUT2D eigenvalue weighted by molar-refractivity contribution is -0.141. The first-order valence-corrected chi connectivity index (χ1v) is 7.85. The van der Waals surface area contributed by atoms with Gasteiger partial charge in [0.1, 0.15) is 6.54 Å². The Morgan fingerprint density at radius 1 is 1.35 bits per heavy atom. The molecule has 7 heteroatoms. The molecule has 0 aliphatic carbocycles. The van der Waals surface area contributed by atoms with E-state index < -0.39 is 0 Å². The van der Waals surface area contributed by atoms with E-state index in [1.54, 1.807) is 29.5 Å². The van der Waals surface area contributed by atoms with E-state index in [0.717, 1.165) is 24.2 Å². The summed E-state index contributed by atoms with van der Waals surface area (Å²) in [6.07, 6.45) is 8.50. The molecule has 0 N–H and O–H groups in total. The van der Waals surface area contributed by atoms with Crippen molar-refractivity contribution in [2.45, 2.75) is 32.4 Å². The molecule has 1 aliphatic rings. The van der Waals surface area contributed by atoms with Crippen molar-refractivity contribution in [3.63, 3.8) is 0 Å². The highest BCUT2D eigenvalue weighted by Gasteiger charge is 2.27. The third-order valence-corrected chi connectivity index (χ3v) is 4.10. The lowest BCUT2D eigenvalue weighted by atomic mass is 10.1. The van der Waals surface area contributed by atoms with Crippen LogP contribution >= 0.6 is 0 Å². The summed E-state index contributed by atoms with van der Waals surface area (Å²) in [5, 5.41) is 4.10. The molecule has 23 heavy (non-hydrogen) atoms. The molecular formula is C16H21N5O2. The highest BCUT2D eigenvalue weighted by molar-refractivity contribution is 5.76. The zero-order valence-electron chi connectivity index (χ0n) is 13.3. The van der Waals surface area contributed by atoms with Gasteiger partial charge in [-0.1, -0.05) is 0 Å². The second-order valence-electron chi connectivity index (χ2n) is 5.65. The molecule has 0 saturated carbocycles. The van der Waals surface area contributed by atoms with Crippen molar-refractivity contribution in [2.24, 2.45) is 0 Å². The normalized spacial score (nSPS) is 18.1. The van der Waals surface area contributed by atoms with Crippen LogP contribution in [0.15, 0.2) is 30.9 Å². The van der Waals surface area contributed by atoms with Gasteiger partial charge in [0.05, 0.1) is 30.6 Å². The Morgan fingerprint density at radius 3 is 3.00 bits per heavy atom. The number of rotatable bonds is 5. The minimum absolute atomic E-state index is 0.0771. The molecular weight excluding hydrogens is 294 g/mol. The van der Waals surface area contributed by atoms with Crippen LogP contribution < -0.4 is 0 Å². The second kappa shape index (κ2) is 7.32. The Bertz CT molecular complexity index is 644. The highest BCUT2D eigenvalue weighted by atomic mass is 16.5. The molecule has 1 unspecified atom stereocenters. The maximum Gasteiger partial charge on any atom is 0.244 e. The molecule has 0 spiro atoms. The van der Waals surface area contributed by atoms with Crippen molar-refractivity contribution in [1.82, 2.24) is 24.6 Å². The van der Waals surface area contributed by atoms with Gasteiger partial charge in [-0.15, -0.1) is 0 Å². The maximum absolute atomic E-state index is 12.5. The molecule has 2 aromatic rings. The van der Waals surface area contributed by atoms with Crippen molar-refractivity contribution in [3.05, 3.63) is 42.2 Å². The summed E-state index contributed by atoms with van der Waals surface area (Å²) in [5.74, 6) is 0.0814. The minimum atomic E-state index is 0.0771. The molecule has 0 bridgehead atoms. The van der Waals surface area contributed by atoms with Crippen LogP contribution in [0.4, 0.5) is 0 Å². The minimum Gasteiger partial charge on any atom is -0.377 e. The van der Waals surface area contributed by atoms with E-state index in [1.807, 2.05) is 17.9 Å². The summed E-state index contributed by atoms with van der Waals surface area (Å²) in [7, 11) is 0. The first-order valence-electron chi connectivity index (χ1n) is 7.85. The van der Waals surface area contributed by atoms with Gasteiger partial charge in [0.15, 0.2) is 0 Å². The molecule has 3 heterocycles. The smallest absolute Gasteiger partial charge is 0.244 e. The Kier molecular flexibility index (Phi) is 4.97. The summed E-state index contributed by atoms with van der Waals surface area (Å²) >= 11 is 0. The van der Waals surface area contributed by atoms with Gasteiger partial charge in [-0.25, -0.2) is 0 Å². The van der Waals surface area contributed by atoms with Gasteiger partial charge in [0.25, 0.3) is 0 Å². The molecule has 122 valence electrons. The molecule has 7 nitrogen and oxygen atoms in total. The number of hydrogen-bond acceptors (Lipinski definition) is 5. The van der Waals surface area contributed by atoms with Crippen LogP contribution in [-0.2, 0) is 22.5 Å². The van der Waals surface area contributed by atoms with Gasteiger partial charge < -0.3 is 9.64 Å². The van der Waals surface area contributed by atoms with Crippen LogP contribution in [0.3, 0.4) is 0 Å². The topological polar surface area (TPSA) is 73.1 Å². The predicted octanol–water partition coefficient (Wildman–Crippen LogP) is 0.842. The number of carbonyl (C=O) groups is 1. The fraction of sp³-hybridized carbons (Fsp3) is 0.500. The van der Waals surface area contributed by atoms with Gasteiger partial charge in [-0.2, -0.15) is 5.10 Å². The monoisotopic (exact) mass is 315 g/mol. The Labute approximate surface area is 135 Å². The summed E-state index contributed by atoms with van der Waals surface area (Å²) in [6.45, 7) is 4.02. The van der Waals surface area contributed by atoms with Crippen molar-refractivity contribution in [1.29, 1.82) is 0 Å². The van der Waals surface area contributed by atoms with Crippen molar-refractivity contribution in [2.75, 3.05) is 19.8 Å². The van der Waals surface area contributed by atoms with Gasteiger partial charge >= 0.3 is 0 Å². The average Bonchev–Trinajstić information content (AvgIpc) is 3.07. The van der Waals surface area contributed by atoms with Crippen LogP contribution in [0.25, 0.3) is 0 Å². The second-order valence-corrected chi connectivity index (χ2v) is 5.65. The van der Waals surface area contributed by atoms with Gasteiger partial charge in [0.2, 0.25) is 5.91 Å². The number of aromatic nitrogens is 4. The van der Waals surface area contributed by atoms with Gasteiger partial charge in [0, 0.05) is 31.3 Å². The Morgan fingerprint density at radius 2 is 2.22 bits per heavy atom. The lowest BCUT2D eigenvalue weighted by Crippen LogP contribution is -2.50. The fourth-order valence-corrected chi connectivity index (χ4v) is 2.83. The number of ether oxygens (including phenoxy) is 1. The van der Waals surface area contributed by atoms with Crippen LogP contribution in [0, 0.1) is 6.92 Å². The van der Waals surface area contributed by atoms with Gasteiger partial charge in [-0.3, -0.25) is 19.4 Å². The Hall–Kier alpha value is -2.28. The third-order valence-electron chi connectivity index (χ3n) is 4.10. The molecule has 0 radical (unpaired) electrons. The van der Waals surface area contributed by atoms with Crippen LogP contribution in [0.5, 0.6) is 0 Å². The van der Waals surface area contributed by atoms with E-state index >= 15 is 0 Å². The van der Waals surface area contributed by atoms with E-state index in [9.17, 15) is 4.79 Å². The standard InChI is InChI=1S/C16H21N5O2/c1-13-15(18-7-6-17-13)4-3-14-12-23-10-9-21(14)16(22)11-20-8-2-5-19-20/h2,5-8,14H,3-4,9-12H2,1H3. The molecule has 3 rings (SSSR count). The quantitative estimate of drug-likeness (QED) is 0.817. The first kappa shape index (κ1) is 15.6. The molecule has 2 aromatic heterocycles. The lowest BCUT2D eigenvalue weighted by Gasteiger charge is -2.35. The molecule has 0 aromatic carbocycles. The van der Waals surface area contributed by atoms with E-state index in [0.29, 0.717) is 19.8 Å². The summed E-state index contributed by atoms with van der Waals surface area (Å²) < 4.78 is 7.22. The summed E-state index contributed by atoms with van der Waals surface area (Å²) in [5.41, 5.74) is 1.93. The van der Waals surface area contributed by atoms with Gasteiger partial charge in [-0.05, 0) is 25.8 Å². The number of nitrogens with zero attached hydrogens (tertiary/aromatic N) is 5. The number of hydrogen-bond donors (Lipinski definition) is 0. The van der Waals surface area contributed by atoms with E-state index in [-0.39, 0.29) is 18.5 Å². The largest absolute Gasteiger partial charge is 0.377 e. The maximum atomic E-state index is 12.5. The van der Waals surface area contributed by atoms with Crippen LogP contribution in [-0.4, -0.2) is 56.4 Å². The molecule has 1 atom stereocenters.